The van der Waals surface area contributed by atoms with E-state index < -0.39 is 11.3 Å². The van der Waals surface area contributed by atoms with Gasteiger partial charge in [0.15, 0.2) is 10.1 Å². The number of thioether (sulfide) groups is 1. The first-order valence-corrected chi connectivity index (χ1v) is 14.1. The van der Waals surface area contributed by atoms with Crippen molar-refractivity contribution in [2.24, 2.45) is 5.73 Å². The fraction of sp³-hybridized carbons (Fsp3) is 0.222. The Bertz CT molecular complexity index is 1620. The average Bonchev–Trinajstić information content (AvgIpc) is 3.49. The molecule has 0 bridgehead atoms. The molecule has 1 amide bonds. The second-order valence-electron chi connectivity index (χ2n) is 9.23. The van der Waals surface area contributed by atoms with Gasteiger partial charge in [-0.2, -0.15) is 5.26 Å². The van der Waals surface area contributed by atoms with Gasteiger partial charge in [-0.1, -0.05) is 71.1 Å². The first kappa shape index (κ1) is 24.7. The molecular weight excluding hydrogens is 540 g/mol. The van der Waals surface area contributed by atoms with Gasteiger partial charge < -0.3 is 11.1 Å². The van der Waals surface area contributed by atoms with Crippen LogP contribution in [0.2, 0.25) is 5.02 Å². The maximum Gasteiger partial charge on any atom is 0.245 e. The minimum atomic E-state index is -1.64. The monoisotopic (exact) mass is 560 g/mol. The zero-order valence-corrected chi connectivity index (χ0v) is 22.6. The molecule has 2 aliphatic heterocycles. The van der Waals surface area contributed by atoms with Crippen LogP contribution in [0.4, 0.5) is 10.8 Å². The molecular formula is C27H21ClN6O2S2. The predicted molar refractivity (Wildman–Crippen MR) is 148 cm³/mol. The van der Waals surface area contributed by atoms with Crippen molar-refractivity contribution in [3.8, 4) is 6.07 Å². The van der Waals surface area contributed by atoms with Gasteiger partial charge in [-0.15, -0.1) is 10.2 Å². The van der Waals surface area contributed by atoms with Gasteiger partial charge >= 0.3 is 0 Å². The van der Waals surface area contributed by atoms with Crippen LogP contribution in [-0.2, 0) is 20.8 Å². The molecule has 1 spiro atoms. The molecule has 3 N–H and O–H groups in total. The standard InChI is InChI=1S/C27H21ClN6O2S2/c1-14-18(28)11-10-16-22(14)31-24(36)27(16)17(12-29)23(30)34(19-8-5-9-20(35)21(19)27)25-32-33-26(38-25)37-13-15-6-3-2-4-7-15/h2-4,6-7,10-11H,5,8-9,13,30H2,1H3,(H,31,36)/t27-/m1/s1. The fourth-order valence-corrected chi connectivity index (χ4v) is 7.46. The molecule has 0 saturated carbocycles. The number of nitrogens with one attached hydrogen (secondary N) is 1. The van der Waals surface area contributed by atoms with E-state index in [9.17, 15) is 14.9 Å². The maximum absolute atomic E-state index is 13.8. The van der Waals surface area contributed by atoms with Crippen molar-refractivity contribution in [2.75, 3.05) is 10.2 Å². The molecule has 38 heavy (non-hydrogen) atoms. The number of nitrogens with two attached hydrogens (primary N) is 1. The number of ketones is 1. The SMILES string of the molecule is Cc1c(Cl)ccc2c1NC(=O)[C@@]21C(C#N)=C(N)N(c2nnc(SCc3ccccc3)s2)C2=C1C(=O)CCC2. The lowest BCUT2D eigenvalue weighted by Gasteiger charge is -2.42. The molecule has 3 heterocycles. The van der Waals surface area contributed by atoms with Gasteiger partial charge in [-0.3, -0.25) is 14.5 Å². The number of rotatable bonds is 4. The lowest BCUT2D eigenvalue weighted by molar-refractivity contribution is -0.122. The summed E-state index contributed by atoms with van der Waals surface area (Å²) in [5.41, 5.74) is 8.78. The quantitative estimate of drug-likeness (QED) is 0.417. The largest absolute Gasteiger partial charge is 0.384 e. The van der Waals surface area contributed by atoms with Crippen LogP contribution in [0.15, 0.2) is 69.5 Å². The summed E-state index contributed by atoms with van der Waals surface area (Å²) in [4.78, 5) is 29.1. The molecule has 3 aromatic rings. The van der Waals surface area contributed by atoms with Crippen molar-refractivity contribution in [3.63, 3.8) is 0 Å². The lowest BCUT2D eigenvalue weighted by Crippen LogP contribution is -2.50. The van der Waals surface area contributed by atoms with Crippen molar-refractivity contribution in [1.29, 1.82) is 5.26 Å². The summed E-state index contributed by atoms with van der Waals surface area (Å²) in [5, 5.41) is 23.0. The van der Waals surface area contributed by atoms with Gasteiger partial charge in [0.2, 0.25) is 11.0 Å². The molecule has 11 heteroatoms. The van der Waals surface area contributed by atoms with Crippen LogP contribution in [0.25, 0.3) is 0 Å². The molecule has 2 aromatic carbocycles. The lowest BCUT2D eigenvalue weighted by atomic mass is 9.64. The Morgan fingerprint density at radius 1 is 1.21 bits per heavy atom. The number of nitrogens with zero attached hydrogens (tertiary/aromatic N) is 4. The summed E-state index contributed by atoms with van der Waals surface area (Å²) < 4.78 is 0.731. The van der Waals surface area contributed by atoms with E-state index in [1.807, 2.05) is 30.3 Å². The van der Waals surface area contributed by atoms with Gasteiger partial charge in [-0.25, -0.2) is 0 Å². The van der Waals surface area contributed by atoms with Crippen LogP contribution in [0.1, 0.15) is 36.0 Å². The third-order valence-corrected chi connectivity index (χ3v) is 9.71. The first-order valence-electron chi connectivity index (χ1n) is 12.0. The number of allylic oxidation sites excluding steroid dienone is 1. The van der Waals surface area contributed by atoms with Crippen LogP contribution < -0.4 is 16.0 Å². The van der Waals surface area contributed by atoms with Crippen LogP contribution in [0.5, 0.6) is 0 Å². The third kappa shape index (κ3) is 3.50. The average molecular weight is 561 g/mol. The molecule has 1 aliphatic carbocycles. The fourth-order valence-electron chi connectivity index (χ4n) is 5.47. The van der Waals surface area contributed by atoms with Crippen molar-refractivity contribution in [3.05, 3.63) is 86.8 Å². The predicted octanol–water partition coefficient (Wildman–Crippen LogP) is 5.20. The van der Waals surface area contributed by atoms with E-state index in [-0.39, 0.29) is 29.2 Å². The van der Waals surface area contributed by atoms with Crippen molar-refractivity contribution in [1.82, 2.24) is 10.2 Å². The molecule has 190 valence electrons. The number of benzene rings is 2. The number of fused-ring (bicyclic) bond motifs is 3. The Morgan fingerprint density at radius 3 is 2.76 bits per heavy atom. The number of amides is 1. The van der Waals surface area contributed by atoms with Gasteiger partial charge in [0.25, 0.3) is 0 Å². The number of hydrogen-bond donors (Lipinski definition) is 2. The summed E-state index contributed by atoms with van der Waals surface area (Å²) in [6.07, 6.45) is 1.38. The van der Waals surface area contributed by atoms with Gasteiger partial charge in [0, 0.05) is 34.0 Å². The molecule has 0 unspecified atom stereocenters. The summed E-state index contributed by atoms with van der Waals surface area (Å²) in [6, 6.07) is 15.6. The van der Waals surface area contributed by atoms with E-state index in [2.05, 4.69) is 21.6 Å². The second kappa shape index (κ2) is 9.27. The summed E-state index contributed by atoms with van der Waals surface area (Å²) in [5.74, 6) is 0.136. The number of carbonyl (C=O) groups is 2. The molecule has 1 aromatic heterocycles. The van der Waals surface area contributed by atoms with E-state index in [0.717, 1.165) is 15.7 Å². The molecule has 1 atom stereocenters. The number of carbonyl (C=O) groups excluding carboxylic acids is 2. The highest BCUT2D eigenvalue weighted by Gasteiger charge is 2.60. The highest BCUT2D eigenvalue weighted by molar-refractivity contribution is 8.00. The zero-order chi connectivity index (χ0) is 26.6. The van der Waals surface area contributed by atoms with Crippen LogP contribution in [-0.4, -0.2) is 21.9 Å². The minimum absolute atomic E-state index is 0.00170. The molecule has 3 aliphatic rings. The van der Waals surface area contributed by atoms with Gasteiger partial charge in [-0.05, 0) is 37.0 Å². The number of anilines is 2. The summed E-state index contributed by atoms with van der Waals surface area (Å²) in [6.45, 7) is 1.79. The van der Waals surface area contributed by atoms with Gasteiger partial charge in [0.1, 0.15) is 17.3 Å². The molecule has 6 rings (SSSR count). The van der Waals surface area contributed by atoms with E-state index in [1.54, 1.807) is 35.7 Å². The number of halogens is 1. The second-order valence-corrected chi connectivity index (χ2v) is 11.8. The minimum Gasteiger partial charge on any atom is -0.384 e. The van der Waals surface area contributed by atoms with E-state index >= 15 is 0 Å². The molecule has 0 saturated heterocycles. The Kier molecular flexibility index (Phi) is 6.02. The van der Waals surface area contributed by atoms with Gasteiger partial charge in [0.05, 0.1) is 11.3 Å². The zero-order valence-electron chi connectivity index (χ0n) is 20.2. The van der Waals surface area contributed by atoms with E-state index in [0.29, 0.717) is 45.5 Å². The molecule has 0 radical (unpaired) electrons. The maximum atomic E-state index is 13.8. The Morgan fingerprint density at radius 2 is 2.00 bits per heavy atom. The van der Waals surface area contributed by atoms with E-state index in [1.165, 1.54) is 11.3 Å². The number of nitriles is 1. The number of hydrogen-bond acceptors (Lipinski definition) is 9. The first-order chi connectivity index (χ1) is 18.4. The number of Topliss-reactive ketones (excluding diaryl/α,β-unsaturated/α-hetero) is 1. The van der Waals surface area contributed by atoms with Crippen LogP contribution in [0, 0.1) is 18.3 Å². The van der Waals surface area contributed by atoms with Crippen LogP contribution in [0.3, 0.4) is 0 Å². The summed E-state index contributed by atoms with van der Waals surface area (Å²) in [7, 11) is 0. The Balaban J connectivity index is 1.50. The van der Waals surface area contributed by atoms with Crippen molar-refractivity contribution in [2.45, 2.75) is 41.7 Å². The van der Waals surface area contributed by atoms with Crippen LogP contribution >= 0.6 is 34.7 Å². The Hall–Kier alpha value is -3.65. The summed E-state index contributed by atoms with van der Waals surface area (Å²) >= 11 is 9.23. The molecule has 0 fully saturated rings. The topological polar surface area (TPSA) is 125 Å². The van der Waals surface area contributed by atoms with Crippen molar-refractivity contribution >= 4 is 57.2 Å². The Labute approximate surface area is 232 Å². The van der Waals surface area contributed by atoms with E-state index in [4.69, 9.17) is 17.3 Å². The highest BCUT2D eigenvalue weighted by Crippen LogP contribution is 2.56. The normalized spacial score (nSPS) is 20.5. The number of aromatic nitrogens is 2. The highest BCUT2D eigenvalue weighted by atomic mass is 35.5. The third-order valence-electron chi connectivity index (χ3n) is 7.19. The molecule has 8 nitrogen and oxygen atoms in total. The smallest absolute Gasteiger partial charge is 0.245 e. The van der Waals surface area contributed by atoms with Crippen molar-refractivity contribution < 1.29 is 9.59 Å².